The molecule has 1 aromatic carbocycles. The Hall–Kier alpha value is -2.67. The number of hydrogen-bond acceptors (Lipinski definition) is 6. The van der Waals surface area contributed by atoms with Crippen LogP contribution >= 0.6 is 0 Å². The second kappa shape index (κ2) is 8.35. The third-order valence-electron chi connectivity index (χ3n) is 4.65. The van der Waals surface area contributed by atoms with Crippen molar-refractivity contribution in [2.45, 2.75) is 46.2 Å². The van der Waals surface area contributed by atoms with Gasteiger partial charge in [-0.25, -0.2) is 4.98 Å². The largest absolute Gasteiger partial charge is 0.394 e. The Balaban J connectivity index is 2.17. The second-order valence-electron chi connectivity index (χ2n) is 6.80. The van der Waals surface area contributed by atoms with E-state index in [9.17, 15) is 5.11 Å². The van der Waals surface area contributed by atoms with Gasteiger partial charge in [0.15, 0.2) is 17.0 Å². The average Bonchev–Trinajstić information content (AvgIpc) is 3.12. The third kappa shape index (κ3) is 3.88. The van der Waals surface area contributed by atoms with Crippen LogP contribution in [0.3, 0.4) is 0 Å². The van der Waals surface area contributed by atoms with Gasteiger partial charge in [0, 0.05) is 18.3 Å². The van der Waals surface area contributed by atoms with Crippen LogP contribution in [0.15, 0.2) is 36.7 Å². The van der Waals surface area contributed by atoms with E-state index in [-0.39, 0.29) is 18.7 Å². The van der Waals surface area contributed by atoms with Crippen LogP contribution in [0, 0.1) is 0 Å². The number of nitrogens with one attached hydrogen (secondary N) is 1. The minimum absolute atomic E-state index is 0.0346. The van der Waals surface area contributed by atoms with Gasteiger partial charge in [0.2, 0.25) is 5.95 Å². The number of benzene rings is 1. The molecule has 0 saturated heterocycles. The maximum Gasteiger partial charge on any atom is 0.227 e. The Morgan fingerprint density at radius 1 is 1.15 bits per heavy atom. The molecule has 2 heterocycles. The summed E-state index contributed by atoms with van der Waals surface area (Å²) in [6, 6.07) is 10.3. The molecular formula is C20H28N6O. The number of anilines is 3. The highest BCUT2D eigenvalue weighted by molar-refractivity contribution is 5.87. The van der Waals surface area contributed by atoms with Gasteiger partial charge in [0.05, 0.1) is 19.0 Å². The molecule has 0 bridgehead atoms. The van der Waals surface area contributed by atoms with Crippen molar-refractivity contribution in [3.63, 3.8) is 0 Å². The maximum absolute atomic E-state index is 9.56. The smallest absolute Gasteiger partial charge is 0.227 e. The summed E-state index contributed by atoms with van der Waals surface area (Å²) in [4.78, 5) is 16.2. The summed E-state index contributed by atoms with van der Waals surface area (Å²) in [6.45, 7) is 9.11. The van der Waals surface area contributed by atoms with E-state index < -0.39 is 0 Å². The molecule has 3 rings (SSSR count). The summed E-state index contributed by atoms with van der Waals surface area (Å²) in [5.74, 6) is 1.28. The first-order valence-corrected chi connectivity index (χ1v) is 9.53. The zero-order chi connectivity index (χ0) is 19.4. The number of aromatic nitrogens is 4. The van der Waals surface area contributed by atoms with Gasteiger partial charge in [-0.1, -0.05) is 25.1 Å². The molecule has 0 aliphatic rings. The van der Waals surface area contributed by atoms with Crippen molar-refractivity contribution in [1.82, 2.24) is 19.5 Å². The standard InChI is InChI=1S/C20H28N6O/c1-5-15(12-27)22-20-23-18(25(6-2)16-10-8-7-9-11-16)17-19(24-20)26(13-21-17)14(3)4/h7-11,13-15,27H,5-6,12H2,1-4H3,(H,22,23,24)/t15-/m1/s1. The van der Waals surface area contributed by atoms with Crippen LogP contribution < -0.4 is 10.2 Å². The minimum atomic E-state index is -0.0856. The van der Waals surface area contributed by atoms with E-state index in [1.54, 1.807) is 0 Å². The van der Waals surface area contributed by atoms with Crippen LogP contribution in [-0.2, 0) is 0 Å². The van der Waals surface area contributed by atoms with Crippen molar-refractivity contribution < 1.29 is 5.11 Å². The van der Waals surface area contributed by atoms with Crippen LogP contribution in [0.25, 0.3) is 11.2 Å². The number of para-hydroxylation sites is 1. The zero-order valence-corrected chi connectivity index (χ0v) is 16.4. The van der Waals surface area contributed by atoms with Crippen LogP contribution in [0.2, 0.25) is 0 Å². The Kier molecular flexibility index (Phi) is 5.91. The second-order valence-corrected chi connectivity index (χ2v) is 6.80. The Bertz CT molecular complexity index is 873. The minimum Gasteiger partial charge on any atom is -0.394 e. The predicted molar refractivity (Wildman–Crippen MR) is 110 cm³/mol. The molecule has 0 amide bonds. The molecule has 0 saturated carbocycles. The Morgan fingerprint density at radius 2 is 1.89 bits per heavy atom. The molecule has 2 N–H and O–H groups in total. The van der Waals surface area contributed by atoms with Gasteiger partial charge in [-0.05, 0) is 39.3 Å². The molecule has 3 aromatic rings. The number of fused-ring (bicyclic) bond motifs is 1. The van der Waals surface area contributed by atoms with Crippen molar-refractivity contribution in [2.75, 3.05) is 23.4 Å². The summed E-state index contributed by atoms with van der Waals surface area (Å²) in [5.41, 5.74) is 2.62. The van der Waals surface area contributed by atoms with Gasteiger partial charge in [-0.15, -0.1) is 0 Å². The lowest BCUT2D eigenvalue weighted by atomic mass is 10.2. The first kappa shape index (κ1) is 19.1. The summed E-state index contributed by atoms with van der Waals surface area (Å²) in [6.07, 6.45) is 2.60. The molecule has 7 nitrogen and oxygen atoms in total. The van der Waals surface area contributed by atoms with Crippen LogP contribution in [0.1, 0.15) is 40.2 Å². The predicted octanol–water partition coefficient (Wildman–Crippen LogP) is 3.75. The van der Waals surface area contributed by atoms with Gasteiger partial charge in [0.1, 0.15) is 0 Å². The van der Waals surface area contributed by atoms with Gasteiger partial charge >= 0.3 is 0 Å². The molecule has 144 valence electrons. The van der Waals surface area contributed by atoms with Crippen LogP contribution in [-0.4, -0.2) is 43.8 Å². The van der Waals surface area contributed by atoms with E-state index in [0.717, 1.165) is 35.6 Å². The Morgan fingerprint density at radius 3 is 2.48 bits per heavy atom. The number of aliphatic hydroxyl groups is 1. The monoisotopic (exact) mass is 368 g/mol. The molecule has 0 spiro atoms. The molecule has 0 aliphatic carbocycles. The molecule has 1 atom stereocenters. The molecule has 0 fully saturated rings. The maximum atomic E-state index is 9.56. The lowest BCUT2D eigenvalue weighted by molar-refractivity contribution is 0.271. The van der Waals surface area contributed by atoms with Gasteiger partial charge in [-0.2, -0.15) is 9.97 Å². The lowest BCUT2D eigenvalue weighted by Crippen LogP contribution is -2.25. The number of nitrogens with zero attached hydrogens (tertiary/aromatic N) is 5. The van der Waals surface area contributed by atoms with E-state index >= 15 is 0 Å². The van der Waals surface area contributed by atoms with E-state index in [2.05, 4.69) is 48.1 Å². The number of hydrogen-bond donors (Lipinski definition) is 2. The fraction of sp³-hybridized carbons (Fsp3) is 0.450. The summed E-state index contributed by atoms with van der Waals surface area (Å²) < 4.78 is 2.05. The summed E-state index contributed by atoms with van der Waals surface area (Å²) >= 11 is 0. The van der Waals surface area contributed by atoms with Crippen LogP contribution in [0.4, 0.5) is 17.5 Å². The lowest BCUT2D eigenvalue weighted by Gasteiger charge is -2.23. The molecule has 0 radical (unpaired) electrons. The van der Waals surface area contributed by atoms with Crippen LogP contribution in [0.5, 0.6) is 0 Å². The molecular weight excluding hydrogens is 340 g/mol. The van der Waals surface area contributed by atoms with Crippen molar-refractivity contribution in [3.8, 4) is 0 Å². The van der Waals surface area contributed by atoms with Crippen molar-refractivity contribution in [1.29, 1.82) is 0 Å². The van der Waals surface area contributed by atoms with Crippen molar-refractivity contribution in [2.24, 2.45) is 0 Å². The summed E-state index contributed by atoms with van der Waals surface area (Å²) in [7, 11) is 0. The van der Waals surface area contributed by atoms with E-state index in [1.807, 2.05) is 36.0 Å². The first-order valence-electron chi connectivity index (χ1n) is 9.53. The highest BCUT2D eigenvalue weighted by Gasteiger charge is 2.20. The quantitative estimate of drug-likeness (QED) is 0.630. The average molecular weight is 368 g/mol. The molecule has 2 aromatic heterocycles. The first-order chi connectivity index (χ1) is 13.1. The van der Waals surface area contributed by atoms with E-state index in [0.29, 0.717) is 5.95 Å². The fourth-order valence-electron chi connectivity index (χ4n) is 3.05. The third-order valence-corrected chi connectivity index (χ3v) is 4.65. The van der Waals surface area contributed by atoms with Crippen molar-refractivity contribution in [3.05, 3.63) is 36.7 Å². The Labute approximate surface area is 160 Å². The summed E-state index contributed by atoms with van der Waals surface area (Å²) in [5, 5.41) is 12.8. The topological polar surface area (TPSA) is 79.1 Å². The zero-order valence-electron chi connectivity index (χ0n) is 16.4. The van der Waals surface area contributed by atoms with Gasteiger partial charge in [0.25, 0.3) is 0 Å². The number of aliphatic hydroxyl groups excluding tert-OH is 1. The van der Waals surface area contributed by atoms with Gasteiger partial charge < -0.3 is 19.9 Å². The normalized spacial score (nSPS) is 12.5. The molecule has 0 aliphatic heterocycles. The molecule has 0 unspecified atom stereocenters. The number of imidazole rings is 1. The molecule has 7 heteroatoms. The van der Waals surface area contributed by atoms with Crippen molar-refractivity contribution >= 4 is 28.6 Å². The molecule has 27 heavy (non-hydrogen) atoms. The fourth-order valence-corrected chi connectivity index (χ4v) is 3.05. The van der Waals surface area contributed by atoms with Gasteiger partial charge in [-0.3, -0.25) is 0 Å². The number of rotatable bonds is 8. The van der Waals surface area contributed by atoms with E-state index in [1.165, 1.54) is 0 Å². The highest BCUT2D eigenvalue weighted by atomic mass is 16.3. The SMILES string of the molecule is CC[C@H](CO)Nc1nc(N(CC)c2ccccc2)c2ncn(C(C)C)c2n1. The highest BCUT2D eigenvalue weighted by Crippen LogP contribution is 2.31. The van der Waals surface area contributed by atoms with E-state index in [4.69, 9.17) is 9.97 Å².